The maximum atomic E-state index is 13.2. The molecule has 0 saturated heterocycles. The normalized spacial score (nSPS) is 15.2. The molecule has 0 fully saturated rings. The maximum absolute atomic E-state index is 13.2. The largest absolute Gasteiger partial charge is 0.288 e. The molecule has 8 heteroatoms. The molecule has 2 atom stereocenters. The number of halogens is 3. The summed E-state index contributed by atoms with van der Waals surface area (Å²) in [7, 11) is -1.27. The number of rotatable bonds is 4. The monoisotopic (exact) mass is 358 g/mol. The van der Waals surface area contributed by atoms with E-state index < -0.39 is 27.3 Å². The first kappa shape index (κ1) is 20.8. The summed E-state index contributed by atoms with van der Waals surface area (Å²) in [5.41, 5.74) is 0.160. The van der Waals surface area contributed by atoms with Crippen molar-refractivity contribution in [1.82, 2.24) is 9.71 Å². The van der Waals surface area contributed by atoms with Gasteiger partial charge in [0.15, 0.2) is 0 Å². The smallest absolute Gasteiger partial charge is 0.253 e. The second kappa shape index (κ2) is 7.35. The van der Waals surface area contributed by atoms with E-state index in [0.29, 0.717) is 5.56 Å². The quantitative estimate of drug-likeness (QED) is 0.881. The molecule has 1 rings (SSSR count). The van der Waals surface area contributed by atoms with Crippen molar-refractivity contribution in [2.24, 2.45) is 0 Å². The molecular weight excluding hydrogens is 338 g/mol. The van der Waals surface area contributed by atoms with E-state index in [1.807, 2.05) is 20.8 Å². The molecule has 0 aromatic carbocycles. The van der Waals surface area contributed by atoms with Crippen molar-refractivity contribution < 1.29 is 13.0 Å². The molecule has 0 unspecified atom stereocenters. The third-order valence-electron chi connectivity index (χ3n) is 2.62. The fourth-order valence-corrected chi connectivity index (χ4v) is 2.57. The van der Waals surface area contributed by atoms with E-state index >= 15 is 0 Å². The lowest BCUT2D eigenvalue weighted by Crippen LogP contribution is -2.34. The zero-order valence-electron chi connectivity index (χ0n) is 12.6. The van der Waals surface area contributed by atoms with Gasteiger partial charge >= 0.3 is 0 Å². The Morgan fingerprint density at radius 3 is 2.24 bits per heavy atom. The van der Waals surface area contributed by atoms with Crippen LogP contribution in [0.15, 0.2) is 12.3 Å². The highest BCUT2D eigenvalue weighted by atomic mass is 35.5. The van der Waals surface area contributed by atoms with Gasteiger partial charge in [-0.05, 0) is 39.3 Å². The van der Waals surface area contributed by atoms with Gasteiger partial charge in [0.1, 0.15) is 5.69 Å². The summed E-state index contributed by atoms with van der Waals surface area (Å²) in [6.07, 6.45) is 1.33. The summed E-state index contributed by atoms with van der Waals surface area (Å²) >= 11 is 5.84. The predicted molar refractivity (Wildman–Crippen MR) is 88.6 cm³/mol. The van der Waals surface area contributed by atoms with Crippen molar-refractivity contribution in [2.45, 2.75) is 51.3 Å². The van der Waals surface area contributed by atoms with E-state index in [9.17, 15) is 13.0 Å². The van der Waals surface area contributed by atoms with Crippen LogP contribution in [-0.2, 0) is 16.9 Å². The molecule has 1 aromatic rings. The van der Waals surface area contributed by atoms with Crippen molar-refractivity contribution in [3.8, 4) is 0 Å². The molecule has 0 aliphatic heterocycles. The van der Waals surface area contributed by atoms with Crippen LogP contribution in [0, 0.1) is 0 Å². The zero-order chi connectivity index (χ0) is 15.7. The van der Waals surface area contributed by atoms with E-state index in [1.165, 1.54) is 12.3 Å². The summed E-state index contributed by atoms with van der Waals surface area (Å²) in [6, 6.07) is 1.12. The molecule has 1 N–H and O–H groups in total. The van der Waals surface area contributed by atoms with Crippen LogP contribution in [0.1, 0.15) is 51.9 Å². The van der Waals surface area contributed by atoms with E-state index in [1.54, 1.807) is 6.92 Å². The van der Waals surface area contributed by atoms with Gasteiger partial charge in [-0.2, -0.15) is 22.3 Å². The highest BCUT2D eigenvalue weighted by Crippen LogP contribution is 2.32. The summed E-state index contributed by atoms with van der Waals surface area (Å²) < 4.78 is 40.9. The molecule has 0 spiro atoms. The fourth-order valence-electron chi connectivity index (χ4n) is 1.42. The number of hydrogen-bond acceptors (Lipinski definition) is 2. The Balaban J connectivity index is 0.00000400. The first-order valence-electron chi connectivity index (χ1n) is 6.14. The lowest BCUT2D eigenvalue weighted by molar-refractivity contribution is 0.0128. The molecule has 0 radical (unpaired) electrons. The predicted octanol–water partition coefficient (Wildman–Crippen LogP) is 4.07. The number of aromatic nitrogens is 1. The maximum Gasteiger partial charge on any atom is 0.288 e. The van der Waals surface area contributed by atoms with Crippen LogP contribution in [-0.4, -0.2) is 13.9 Å². The summed E-state index contributed by atoms with van der Waals surface area (Å²) in [6.45, 7) is 8.05. The Morgan fingerprint density at radius 2 is 1.86 bits per heavy atom. The number of nitrogens with one attached hydrogen (secondary N) is 1. The van der Waals surface area contributed by atoms with Gasteiger partial charge in [-0.1, -0.05) is 11.6 Å². The Morgan fingerprint density at radius 1 is 1.33 bits per heavy atom. The molecule has 0 aliphatic rings. The minimum Gasteiger partial charge on any atom is -0.253 e. The van der Waals surface area contributed by atoms with Gasteiger partial charge in [0, 0.05) is 19.2 Å². The number of pyridine rings is 1. The molecular formula is C13H21ClF2N2OS2. The van der Waals surface area contributed by atoms with Crippen molar-refractivity contribution in [3.05, 3.63) is 28.5 Å². The molecule has 0 saturated carbocycles. The number of hydrogen-bond donors (Lipinski definition) is 1. The highest BCUT2D eigenvalue weighted by molar-refractivity contribution is 7.84. The topological polar surface area (TPSA) is 42.0 Å². The Kier molecular flexibility index (Phi) is 7.27. The van der Waals surface area contributed by atoms with Crippen molar-refractivity contribution in [1.29, 1.82) is 0 Å². The zero-order valence-corrected chi connectivity index (χ0v) is 15.2. The van der Waals surface area contributed by atoms with Crippen LogP contribution in [0.2, 0.25) is 5.02 Å². The minimum absolute atomic E-state index is 0. The second-order valence-corrected chi connectivity index (χ2v) is 8.11. The molecule has 0 aliphatic carbocycles. The van der Waals surface area contributed by atoms with Gasteiger partial charge in [-0.3, -0.25) is 4.98 Å². The van der Waals surface area contributed by atoms with Gasteiger partial charge in [0.2, 0.25) is 0 Å². The molecule has 0 amide bonds. The van der Waals surface area contributed by atoms with Crippen LogP contribution in [0.4, 0.5) is 8.78 Å². The van der Waals surface area contributed by atoms with Gasteiger partial charge < -0.3 is 0 Å². The van der Waals surface area contributed by atoms with Crippen LogP contribution < -0.4 is 4.72 Å². The second-order valence-electron chi connectivity index (χ2n) is 5.71. The van der Waals surface area contributed by atoms with Crippen molar-refractivity contribution >= 4 is 36.1 Å². The average molecular weight is 359 g/mol. The van der Waals surface area contributed by atoms with Crippen LogP contribution in [0.25, 0.3) is 0 Å². The third kappa shape index (κ3) is 5.81. The molecule has 21 heavy (non-hydrogen) atoms. The molecule has 0 bridgehead atoms. The Labute approximate surface area is 138 Å². The van der Waals surface area contributed by atoms with Crippen LogP contribution in [0.5, 0.6) is 0 Å². The van der Waals surface area contributed by atoms with E-state index in [4.69, 9.17) is 11.6 Å². The Bertz CT molecular complexity index is 516. The minimum atomic E-state index is -3.08. The fraction of sp³-hybridized carbons (Fsp3) is 0.615. The van der Waals surface area contributed by atoms with Gasteiger partial charge in [0.05, 0.1) is 20.8 Å². The van der Waals surface area contributed by atoms with Gasteiger partial charge in [0.25, 0.3) is 5.92 Å². The molecule has 1 aromatic heterocycles. The van der Waals surface area contributed by atoms with E-state index in [-0.39, 0.29) is 24.6 Å². The lowest BCUT2D eigenvalue weighted by atomic mass is 10.1. The first-order chi connectivity index (χ1) is 8.93. The van der Waals surface area contributed by atoms with Gasteiger partial charge in [-0.25, -0.2) is 8.93 Å². The standard InChI is InChI=1S/C13H19ClF2N2OS.H2S/c1-8(18-20(19)12(2,3)4)9-6-10(14)11(17-7-9)13(5,15)16;/h6-8,18H,1-5H3;1H2/t8-,20+;/m0./s1. The summed E-state index contributed by atoms with van der Waals surface area (Å²) in [4.78, 5) is 3.72. The molecule has 1 heterocycles. The number of nitrogens with zero attached hydrogens (tertiary/aromatic N) is 1. The first-order valence-corrected chi connectivity index (χ1v) is 7.67. The van der Waals surface area contributed by atoms with Crippen LogP contribution >= 0.6 is 25.1 Å². The summed E-state index contributed by atoms with van der Waals surface area (Å²) in [5.74, 6) is -3.08. The van der Waals surface area contributed by atoms with E-state index in [2.05, 4.69) is 9.71 Å². The van der Waals surface area contributed by atoms with Crippen LogP contribution in [0.3, 0.4) is 0 Å². The van der Waals surface area contributed by atoms with Crippen molar-refractivity contribution in [2.75, 3.05) is 0 Å². The highest BCUT2D eigenvalue weighted by Gasteiger charge is 2.30. The molecule has 122 valence electrons. The van der Waals surface area contributed by atoms with Gasteiger partial charge in [-0.15, -0.1) is 0 Å². The van der Waals surface area contributed by atoms with Crippen molar-refractivity contribution in [3.63, 3.8) is 0 Å². The SMILES string of the molecule is C[C@H](N[S@](=O)C(C)(C)C)c1cnc(C(C)(F)F)c(Cl)c1.S. The third-order valence-corrected chi connectivity index (χ3v) is 4.59. The lowest BCUT2D eigenvalue weighted by Gasteiger charge is -2.22. The van der Waals surface area contributed by atoms with E-state index in [0.717, 1.165) is 6.92 Å². The number of alkyl halides is 2. The molecule has 3 nitrogen and oxygen atoms in total. The Hall–Kier alpha value is -0.240. The average Bonchev–Trinajstić information content (AvgIpc) is 2.25. The summed E-state index contributed by atoms with van der Waals surface area (Å²) in [5, 5.41) is -0.0924.